The number of aromatic nitrogens is 1. The predicted octanol–water partition coefficient (Wildman–Crippen LogP) is 5.23. The molecule has 3 rings (SSSR count). The van der Waals surface area contributed by atoms with E-state index in [0.717, 1.165) is 36.5 Å². The van der Waals surface area contributed by atoms with E-state index in [1.54, 1.807) is 7.11 Å². The third-order valence-corrected chi connectivity index (χ3v) is 5.27. The number of aromatic hydroxyl groups is 1. The molecule has 5 heteroatoms. The highest BCUT2D eigenvalue weighted by atomic mass is 16.5. The first-order chi connectivity index (χ1) is 14.0. The van der Waals surface area contributed by atoms with Gasteiger partial charge in [-0.3, -0.25) is 0 Å². The molecule has 0 aliphatic carbocycles. The molecule has 1 aromatic heterocycles. The van der Waals surface area contributed by atoms with Crippen molar-refractivity contribution in [3.05, 3.63) is 48.2 Å². The van der Waals surface area contributed by atoms with Crippen LogP contribution >= 0.6 is 0 Å². The Morgan fingerprint density at radius 1 is 1.00 bits per heavy atom. The summed E-state index contributed by atoms with van der Waals surface area (Å²) in [6.45, 7) is 3.51. The van der Waals surface area contributed by atoms with Crippen LogP contribution in [0.4, 0.5) is 5.69 Å². The number of anilines is 1. The number of methoxy groups -OCH3 is 1. The van der Waals surface area contributed by atoms with Crippen LogP contribution in [0.25, 0.3) is 10.8 Å². The third-order valence-electron chi connectivity index (χ3n) is 5.27. The van der Waals surface area contributed by atoms with Gasteiger partial charge in [0.1, 0.15) is 0 Å². The number of ether oxygens (including phenoxy) is 2. The minimum absolute atomic E-state index is 0.269. The topological polar surface area (TPSA) is 46.9 Å². The molecular formula is C24H32N2O3. The molecule has 1 N–H and O–H groups in total. The highest BCUT2D eigenvalue weighted by Gasteiger charge is 2.16. The second-order valence-electron chi connectivity index (χ2n) is 7.57. The Hall–Kier alpha value is -2.82. The molecule has 0 bridgehead atoms. The number of aryl methyl sites for hydroxylation is 2. The van der Waals surface area contributed by atoms with Crippen molar-refractivity contribution in [1.82, 2.24) is 4.57 Å². The highest BCUT2D eigenvalue weighted by molar-refractivity contribution is 5.94. The van der Waals surface area contributed by atoms with E-state index in [2.05, 4.69) is 36.1 Å². The molecule has 0 fully saturated rings. The largest absolute Gasteiger partial charge is 0.494 e. The highest BCUT2D eigenvalue weighted by Crippen LogP contribution is 2.40. The summed E-state index contributed by atoms with van der Waals surface area (Å²) in [4.78, 5) is 2.09. The van der Waals surface area contributed by atoms with Gasteiger partial charge in [-0.1, -0.05) is 31.9 Å². The fraction of sp³-hybridized carbons (Fsp3) is 0.417. The lowest BCUT2D eigenvalue weighted by atomic mass is 10.1. The van der Waals surface area contributed by atoms with Crippen LogP contribution in [0.1, 0.15) is 31.7 Å². The van der Waals surface area contributed by atoms with Gasteiger partial charge in [-0.25, -0.2) is 0 Å². The molecule has 5 nitrogen and oxygen atoms in total. The van der Waals surface area contributed by atoms with Crippen molar-refractivity contribution in [3.8, 4) is 17.4 Å². The third kappa shape index (κ3) is 4.78. The molecule has 156 valence electrons. The first kappa shape index (κ1) is 20.9. The molecule has 0 saturated carbocycles. The first-order valence-electron chi connectivity index (χ1n) is 10.3. The Bertz CT molecular complexity index is 929. The average Bonchev–Trinajstić information content (AvgIpc) is 3.05. The lowest BCUT2D eigenvalue weighted by molar-refractivity contribution is 0.289. The molecule has 0 spiro atoms. The van der Waals surface area contributed by atoms with E-state index >= 15 is 0 Å². The van der Waals surface area contributed by atoms with Gasteiger partial charge in [-0.05, 0) is 42.7 Å². The van der Waals surface area contributed by atoms with Crippen LogP contribution in [0.2, 0.25) is 0 Å². The van der Waals surface area contributed by atoms with Gasteiger partial charge < -0.3 is 24.0 Å². The molecule has 0 aliphatic heterocycles. The maximum atomic E-state index is 10.7. The van der Waals surface area contributed by atoms with Crippen LogP contribution in [0.5, 0.6) is 17.4 Å². The normalized spacial score (nSPS) is 11.0. The van der Waals surface area contributed by atoms with Gasteiger partial charge in [0.25, 0.3) is 0 Å². The summed E-state index contributed by atoms with van der Waals surface area (Å²) in [5.41, 5.74) is 2.42. The molecule has 0 saturated heterocycles. The first-order valence-corrected chi connectivity index (χ1v) is 10.3. The number of hydrogen-bond donors (Lipinski definition) is 1. The maximum absolute atomic E-state index is 10.7. The minimum Gasteiger partial charge on any atom is -0.494 e. The van der Waals surface area contributed by atoms with Crippen LogP contribution < -0.4 is 14.4 Å². The number of unbranched alkanes of at least 4 members (excludes halogenated alkanes) is 2. The Morgan fingerprint density at radius 2 is 1.76 bits per heavy atom. The summed E-state index contributed by atoms with van der Waals surface area (Å²) in [5, 5.41) is 12.4. The van der Waals surface area contributed by atoms with Crippen molar-refractivity contribution in [3.63, 3.8) is 0 Å². The standard InChI is InChI=1S/C24H32N2O3/c1-5-6-7-16-29-23-21-17-26(24(27)20(21)12-13-22(23)28-4)15-14-18-8-10-19(11-9-18)25(2)3/h8-13,17,27H,5-7,14-16H2,1-4H3. The van der Waals surface area contributed by atoms with Gasteiger partial charge in [0.05, 0.1) is 13.7 Å². The summed E-state index contributed by atoms with van der Waals surface area (Å²) in [5.74, 6) is 1.68. The fourth-order valence-electron chi connectivity index (χ4n) is 3.49. The van der Waals surface area contributed by atoms with E-state index in [-0.39, 0.29) is 5.88 Å². The smallest absolute Gasteiger partial charge is 0.199 e. The van der Waals surface area contributed by atoms with Crippen LogP contribution in [-0.4, -0.2) is 37.5 Å². The van der Waals surface area contributed by atoms with Gasteiger partial charge in [0.2, 0.25) is 0 Å². The van der Waals surface area contributed by atoms with Crippen molar-refractivity contribution < 1.29 is 14.6 Å². The Balaban J connectivity index is 1.80. The lowest BCUT2D eigenvalue weighted by Gasteiger charge is -2.12. The van der Waals surface area contributed by atoms with Gasteiger partial charge in [-0.2, -0.15) is 0 Å². The SMILES string of the molecule is CCCCCOc1c(OC)ccc2c(O)n(CCc3ccc(N(C)C)cc3)cc12. The molecule has 0 aliphatic rings. The minimum atomic E-state index is 0.269. The van der Waals surface area contributed by atoms with Crippen molar-refractivity contribution in [1.29, 1.82) is 0 Å². The van der Waals surface area contributed by atoms with Gasteiger partial charge >= 0.3 is 0 Å². The summed E-state index contributed by atoms with van der Waals surface area (Å²) in [6, 6.07) is 12.3. The number of nitrogens with zero attached hydrogens (tertiary/aromatic N) is 2. The molecule has 1 heterocycles. The number of fused-ring (bicyclic) bond motifs is 1. The van der Waals surface area contributed by atoms with Crippen molar-refractivity contribution in [2.24, 2.45) is 0 Å². The average molecular weight is 397 g/mol. The Morgan fingerprint density at radius 3 is 2.41 bits per heavy atom. The zero-order valence-corrected chi connectivity index (χ0v) is 17.9. The monoisotopic (exact) mass is 396 g/mol. The van der Waals surface area contributed by atoms with E-state index in [1.165, 1.54) is 11.3 Å². The molecular weight excluding hydrogens is 364 g/mol. The van der Waals surface area contributed by atoms with Crippen LogP contribution in [0.3, 0.4) is 0 Å². The zero-order valence-electron chi connectivity index (χ0n) is 17.9. The Labute approximate surface area is 173 Å². The van der Waals surface area contributed by atoms with Crippen LogP contribution in [0.15, 0.2) is 42.6 Å². The molecule has 0 atom stereocenters. The summed E-state index contributed by atoms with van der Waals surface area (Å²) in [6.07, 6.45) is 6.10. The summed E-state index contributed by atoms with van der Waals surface area (Å²) < 4.78 is 13.4. The zero-order chi connectivity index (χ0) is 20.8. The number of benzene rings is 2. The Kier molecular flexibility index (Phi) is 6.91. The molecule has 0 amide bonds. The fourth-order valence-corrected chi connectivity index (χ4v) is 3.49. The van der Waals surface area contributed by atoms with E-state index < -0.39 is 0 Å². The van der Waals surface area contributed by atoms with Gasteiger partial charge in [0.15, 0.2) is 17.4 Å². The summed E-state index contributed by atoms with van der Waals surface area (Å²) in [7, 11) is 5.72. The quantitative estimate of drug-likeness (QED) is 0.477. The molecule has 0 unspecified atom stereocenters. The van der Waals surface area contributed by atoms with Crippen molar-refractivity contribution in [2.45, 2.75) is 39.2 Å². The van der Waals surface area contributed by atoms with Crippen LogP contribution in [0, 0.1) is 0 Å². The lowest BCUT2D eigenvalue weighted by Crippen LogP contribution is -2.08. The number of rotatable bonds is 10. The van der Waals surface area contributed by atoms with E-state index in [1.807, 2.05) is 37.0 Å². The van der Waals surface area contributed by atoms with Crippen molar-refractivity contribution >= 4 is 16.5 Å². The molecule has 3 aromatic rings. The van der Waals surface area contributed by atoms with Crippen molar-refractivity contribution in [2.75, 3.05) is 32.7 Å². The van der Waals surface area contributed by atoms with Gasteiger partial charge in [-0.15, -0.1) is 0 Å². The van der Waals surface area contributed by atoms with Gasteiger partial charge in [0, 0.05) is 43.3 Å². The maximum Gasteiger partial charge on any atom is 0.199 e. The van der Waals surface area contributed by atoms with E-state index in [4.69, 9.17) is 9.47 Å². The van der Waals surface area contributed by atoms with Crippen LogP contribution in [-0.2, 0) is 13.0 Å². The molecule has 29 heavy (non-hydrogen) atoms. The molecule has 2 aromatic carbocycles. The number of hydrogen-bond acceptors (Lipinski definition) is 4. The van der Waals surface area contributed by atoms with E-state index in [9.17, 15) is 5.11 Å². The van der Waals surface area contributed by atoms with E-state index in [0.29, 0.717) is 24.7 Å². The second kappa shape index (κ2) is 9.59. The summed E-state index contributed by atoms with van der Waals surface area (Å²) >= 11 is 0. The molecule has 0 radical (unpaired) electrons. The predicted molar refractivity (Wildman–Crippen MR) is 120 cm³/mol. The second-order valence-corrected chi connectivity index (χ2v) is 7.57.